The normalized spacial score (nSPS) is 26.1. The summed E-state index contributed by atoms with van der Waals surface area (Å²) in [6.45, 7) is 1.97. The lowest BCUT2D eigenvalue weighted by atomic mass is 9.83. The number of aliphatic hydroxyl groups excluding tert-OH is 1. The van der Waals surface area contributed by atoms with Gasteiger partial charge in [0.1, 0.15) is 6.10 Å². The van der Waals surface area contributed by atoms with Crippen molar-refractivity contribution in [2.45, 2.75) is 94.8 Å². The molecule has 1 saturated heterocycles. The van der Waals surface area contributed by atoms with Crippen LogP contribution in [0.2, 0.25) is 0 Å². The second-order valence-corrected chi connectivity index (χ2v) is 9.53. The molecule has 31 heavy (non-hydrogen) atoms. The van der Waals surface area contributed by atoms with Crippen molar-refractivity contribution in [2.24, 2.45) is 0 Å². The molecule has 0 atom stereocenters. The number of nitrogens with zero attached hydrogens (tertiary/aromatic N) is 3. The van der Waals surface area contributed by atoms with E-state index in [1.165, 1.54) is 37.7 Å². The summed E-state index contributed by atoms with van der Waals surface area (Å²) in [5, 5.41) is 17.8. The van der Waals surface area contributed by atoms with E-state index in [1.807, 2.05) is 12.4 Å². The fourth-order valence-electron chi connectivity index (χ4n) is 5.37. The summed E-state index contributed by atoms with van der Waals surface area (Å²) >= 11 is 0. The molecule has 0 radical (unpaired) electrons. The topological polar surface area (TPSA) is 92.2 Å². The first kappa shape index (κ1) is 20.9. The average molecular weight is 426 g/mol. The molecular weight excluding hydrogens is 390 g/mol. The number of anilines is 1. The molecule has 0 amide bonds. The average Bonchev–Trinajstić information content (AvgIpc) is 2.81. The number of aliphatic hydroxyl groups is 1. The maximum Gasteiger partial charge on any atom is 0.224 e. The van der Waals surface area contributed by atoms with Crippen LogP contribution in [0.25, 0.3) is 10.9 Å². The fraction of sp³-hybridized carbons (Fsp3) is 0.708. The zero-order valence-electron chi connectivity index (χ0n) is 18.4. The molecule has 2 aromatic rings. The largest absolute Gasteiger partial charge is 0.474 e. The van der Waals surface area contributed by atoms with Crippen molar-refractivity contribution in [3.8, 4) is 5.88 Å². The number of hydrogen-bond donors (Lipinski definition) is 3. The van der Waals surface area contributed by atoms with Gasteiger partial charge in [-0.2, -0.15) is 0 Å². The zero-order valence-corrected chi connectivity index (χ0v) is 18.4. The Hall–Kier alpha value is -1.99. The van der Waals surface area contributed by atoms with Gasteiger partial charge in [-0.1, -0.05) is 19.3 Å². The summed E-state index contributed by atoms with van der Waals surface area (Å²) in [5.41, 5.74) is 2.14. The first-order valence-corrected chi connectivity index (χ1v) is 12.2. The van der Waals surface area contributed by atoms with E-state index in [-0.39, 0.29) is 12.2 Å². The van der Waals surface area contributed by atoms with Crippen molar-refractivity contribution in [3.05, 3.63) is 18.0 Å². The number of aromatic nitrogens is 3. The molecule has 3 heterocycles. The standard InChI is InChI=1S/C24H35N5O2/c30-18-8-6-16(7-9-18)20-14-26-23(31-19-10-12-25-13-11-19)21-15-27-24(29-22(20)21)28-17-4-2-1-3-5-17/h14-19,25,30H,1-13H2,(H,27,28,29)/t16-,18-. The third-order valence-electron chi connectivity index (χ3n) is 7.25. The monoisotopic (exact) mass is 425 g/mol. The molecule has 0 unspecified atom stereocenters. The molecule has 0 spiro atoms. The van der Waals surface area contributed by atoms with Crippen LogP contribution in [0.3, 0.4) is 0 Å². The van der Waals surface area contributed by atoms with E-state index in [4.69, 9.17) is 14.7 Å². The fourth-order valence-corrected chi connectivity index (χ4v) is 5.37. The van der Waals surface area contributed by atoms with Gasteiger partial charge >= 0.3 is 0 Å². The summed E-state index contributed by atoms with van der Waals surface area (Å²) in [5.74, 6) is 1.75. The van der Waals surface area contributed by atoms with E-state index in [1.54, 1.807) is 0 Å². The molecule has 168 valence electrons. The molecule has 7 nitrogen and oxygen atoms in total. The maximum absolute atomic E-state index is 9.96. The van der Waals surface area contributed by atoms with Crippen LogP contribution >= 0.6 is 0 Å². The lowest BCUT2D eigenvalue weighted by molar-refractivity contribution is 0.122. The molecule has 5 rings (SSSR count). The van der Waals surface area contributed by atoms with Crippen molar-refractivity contribution in [1.29, 1.82) is 0 Å². The number of hydrogen-bond acceptors (Lipinski definition) is 7. The molecule has 0 aromatic carbocycles. The smallest absolute Gasteiger partial charge is 0.224 e. The minimum absolute atomic E-state index is 0.170. The van der Waals surface area contributed by atoms with Crippen LogP contribution in [0, 0.1) is 0 Å². The van der Waals surface area contributed by atoms with E-state index in [0.717, 1.165) is 68.5 Å². The molecule has 2 saturated carbocycles. The van der Waals surface area contributed by atoms with Crippen LogP contribution < -0.4 is 15.4 Å². The number of ether oxygens (including phenoxy) is 1. The van der Waals surface area contributed by atoms with Crippen LogP contribution in [0.4, 0.5) is 5.95 Å². The highest BCUT2D eigenvalue weighted by molar-refractivity contribution is 5.86. The molecule has 3 aliphatic rings. The Kier molecular flexibility index (Phi) is 6.50. The van der Waals surface area contributed by atoms with Gasteiger partial charge in [0, 0.05) is 24.0 Å². The van der Waals surface area contributed by atoms with Crippen LogP contribution in [-0.4, -0.2) is 51.4 Å². The number of nitrogens with one attached hydrogen (secondary N) is 2. The van der Waals surface area contributed by atoms with Crippen molar-refractivity contribution in [2.75, 3.05) is 18.4 Å². The number of pyridine rings is 1. The Morgan fingerprint density at radius 3 is 2.45 bits per heavy atom. The van der Waals surface area contributed by atoms with Crippen LogP contribution in [-0.2, 0) is 0 Å². The summed E-state index contributed by atoms with van der Waals surface area (Å²) in [6, 6.07) is 0.465. The summed E-state index contributed by atoms with van der Waals surface area (Å²) in [4.78, 5) is 14.4. The van der Waals surface area contributed by atoms with Gasteiger partial charge in [-0.15, -0.1) is 0 Å². The van der Waals surface area contributed by atoms with Gasteiger partial charge in [0.2, 0.25) is 11.8 Å². The predicted molar refractivity (Wildman–Crippen MR) is 122 cm³/mol. The Morgan fingerprint density at radius 1 is 0.903 bits per heavy atom. The second-order valence-electron chi connectivity index (χ2n) is 9.53. The number of piperidine rings is 1. The molecule has 7 heteroatoms. The molecule has 2 aromatic heterocycles. The quantitative estimate of drug-likeness (QED) is 0.669. The Balaban J connectivity index is 1.46. The predicted octanol–water partition coefficient (Wildman–Crippen LogP) is 3.92. The van der Waals surface area contributed by atoms with Gasteiger partial charge in [-0.25, -0.2) is 15.0 Å². The molecule has 0 bridgehead atoms. The van der Waals surface area contributed by atoms with Crippen molar-refractivity contribution < 1.29 is 9.84 Å². The SMILES string of the molecule is O[C@H]1CC[C@H](c2cnc(OC3CCNCC3)c3cnc(NC4CCCCC4)nc32)CC1. The summed E-state index contributed by atoms with van der Waals surface area (Å²) in [6.07, 6.45) is 15.8. The Bertz CT molecular complexity index is 872. The minimum Gasteiger partial charge on any atom is -0.474 e. The Labute approximate surface area is 184 Å². The third-order valence-corrected chi connectivity index (χ3v) is 7.25. The zero-order chi connectivity index (χ0) is 21.0. The maximum atomic E-state index is 9.96. The van der Waals surface area contributed by atoms with Crippen LogP contribution in [0.1, 0.15) is 82.1 Å². The highest BCUT2D eigenvalue weighted by atomic mass is 16.5. The van der Waals surface area contributed by atoms with E-state index in [9.17, 15) is 5.11 Å². The van der Waals surface area contributed by atoms with Crippen molar-refractivity contribution in [3.63, 3.8) is 0 Å². The van der Waals surface area contributed by atoms with E-state index in [2.05, 4.69) is 15.6 Å². The van der Waals surface area contributed by atoms with Crippen LogP contribution in [0.15, 0.2) is 12.4 Å². The Morgan fingerprint density at radius 2 is 1.68 bits per heavy atom. The van der Waals surface area contributed by atoms with Crippen molar-refractivity contribution >= 4 is 16.9 Å². The first-order chi connectivity index (χ1) is 15.3. The highest BCUT2D eigenvalue weighted by Crippen LogP contribution is 2.38. The number of rotatable bonds is 5. The van der Waals surface area contributed by atoms with Gasteiger partial charge in [-0.3, -0.25) is 0 Å². The first-order valence-electron chi connectivity index (χ1n) is 12.2. The molecule has 2 aliphatic carbocycles. The lowest BCUT2D eigenvalue weighted by Crippen LogP contribution is -2.34. The van der Waals surface area contributed by atoms with E-state index >= 15 is 0 Å². The van der Waals surface area contributed by atoms with E-state index in [0.29, 0.717) is 17.8 Å². The van der Waals surface area contributed by atoms with Crippen molar-refractivity contribution in [1.82, 2.24) is 20.3 Å². The van der Waals surface area contributed by atoms with E-state index < -0.39 is 0 Å². The summed E-state index contributed by atoms with van der Waals surface area (Å²) in [7, 11) is 0. The highest BCUT2D eigenvalue weighted by Gasteiger charge is 2.26. The minimum atomic E-state index is -0.170. The van der Waals surface area contributed by atoms with Gasteiger partial charge < -0.3 is 20.5 Å². The molecule has 3 N–H and O–H groups in total. The lowest BCUT2D eigenvalue weighted by Gasteiger charge is -2.27. The van der Waals surface area contributed by atoms with Gasteiger partial charge in [0.15, 0.2) is 0 Å². The van der Waals surface area contributed by atoms with Gasteiger partial charge in [0.25, 0.3) is 0 Å². The van der Waals surface area contributed by atoms with Crippen LogP contribution in [0.5, 0.6) is 5.88 Å². The second kappa shape index (κ2) is 9.65. The molecule has 3 fully saturated rings. The summed E-state index contributed by atoms with van der Waals surface area (Å²) < 4.78 is 6.33. The van der Waals surface area contributed by atoms with Gasteiger partial charge in [-0.05, 0) is 70.4 Å². The third kappa shape index (κ3) is 4.93. The van der Waals surface area contributed by atoms with Gasteiger partial charge in [0.05, 0.1) is 17.0 Å². The number of fused-ring (bicyclic) bond motifs is 1. The molecular formula is C24H35N5O2. The molecule has 1 aliphatic heterocycles.